The van der Waals surface area contributed by atoms with Crippen molar-refractivity contribution in [2.45, 2.75) is 20.8 Å². The van der Waals surface area contributed by atoms with Crippen LogP contribution in [0.25, 0.3) is 0 Å². The molecule has 0 spiro atoms. The normalized spacial score (nSPS) is 18.7. The van der Waals surface area contributed by atoms with Gasteiger partial charge in [0.2, 0.25) is 0 Å². The first-order valence-electron chi connectivity index (χ1n) is 5.58. The van der Waals surface area contributed by atoms with Crippen LogP contribution in [0, 0.1) is 11.3 Å². The van der Waals surface area contributed by atoms with E-state index in [0.717, 1.165) is 32.3 Å². The summed E-state index contributed by atoms with van der Waals surface area (Å²) in [6.07, 6.45) is 0. The SMILES string of the molecule is CN=C(NCC(C)C)NCC1(C)COC1.I. The molecule has 1 heterocycles. The van der Waals surface area contributed by atoms with Crippen molar-refractivity contribution in [2.75, 3.05) is 33.4 Å². The van der Waals surface area contributed by atoms with Gasteiger partial charge in [0, 0.05) is 25.6 Å². The first kappa shape index (κ1) is 16.0. The predicted molar refractivity (Wildman–Crippen MR) is 78.5 cm³/mol. The summed E-state index contributed by atoms with van der Waals surface area (Å²) in [5.41, 5.74) is 0.287. The molecule has 0 aliphatic carbocycles. The molecule has 2 N–H and O–H groups in total. The molecule has 16 heavy (non-hydrogen) atoms. The van der Waals surface area contributed by atoms with Gasteiger partial charge >= 0.3 is 0 Å². The Kier molecular flexibility index (Phi) is 7.30. The summed E-state index contributed by atoms with van der Waals surface area (Å²) in [4.78, 5) is 4.18. The summed E-state index contributed by atoms with van der Waals surface area (Å²) < 4.78 is 5.20. The van der Waals surface area contributed by atoms with E-state index < -0.39 is 0 Å². The van der Waals surface area contributed by atoms with Crippen molar-refractivity contribution >= 4 is 29.9 Å². The molecule has 1 rings (SSSR count). The third-order valence-corrected chi connectivity index (χ3v) is 2.49. The Morgan fingerprint density at radius 2 is 2.00 bits per heavy atom. The Hall–Kier alpha value is -0.0400. The zero-order chi connectivity index (χ0) is 11.3. The third kappa shape index (κ3) is 5.34. The van der Waals surface area contributed by atoms with Gasteiger partial charge in [-0.1, -0.05) is 20.8 Å². The van der Waals surface area contributed by atoms with Crippen LogP contribution in [0.1, 0.15) is 20.8 Å². The maximum Gasteiger partial charge on any atom is 0.191 e. The monoisotopic (exact) mass is 341 g/mol. The average Bonchev–Trinajstić information content (AvgIpc) is 2.15. The zero-order valence-corrected chi connectivity index (χ0v) is 13.0. The summed E-state index contributed by atoms with van der Waals surface area (Å²) in [7, 11) is 1.80. The fourth-order valence-electron chi connectivity index (χ4n) is 1.37. The second kappa shape index (κ2) is 7.32. The number of nitrogens with zero attached hydrogens (tertiary/aromatic N) is 1. The minimum absolute atomic E-state index is 0. The highest BCUT2D eigenvalue weighted by Gasteiger charge is 2.33. The van der Waals surface area contributed by atoms with Crippen LogP contribution >= 0.6 is 24.0 Å². The van der Waals surface area contributed by atoms with Crippen LogP contribution in [0.2, 0.25) is 0 Å². The van der Waals surface area contributed by atoms with Gasteiger partial charge in [0.15, 0.2) is 5.96 Å². The third-order valence-electron chi connectivity index (χ3n) is 2.49. The summed E-state index contributed by atoms with van der Waals surface area (Å²) in [6, 6.07) is 0. The number of hydrogen-bond donors (Lipinski definition) is 2. The molecule has 0 aromatic carbocycles. The first-order chi connectivity index (χ1) is 7.06. The van der Waals surface area contributed by atoms with Crippen molar-refractivity contribution in [1.82, 2.24) is 10.6 Å². The lowest BCUT2D eigenvalue weighted by Gasteiger charge is -2.38. The molecule has 0 bridgehead atoms. The van der Waals surface area contributed by atoms with E-state index in [1.54, 1.807) is 7.05 Å². The molecule has 1 aliphatic heterocycles. The van der Waals surface area contributed by atoms with E-state index in [4.69, 9.17) is 4.74 Å². The molecule has 5 heteroatoms. The van der Waals surface area contributed by atoms with Crippen molar-refractivity contribution in [3.8, 4) is 0 Å². The standard InChI is InChI=1S/C11H23N3O.HI/c1-9(2)5-13-10(12-4)14-6-11(3)7-15-8-11;/h9H,5-8H2,1-4H3,(H2,12,13,14);1H. The first-order valence-corrected chi connectivity index (χ1v) is 5.58. The van der Waals surface area contributed by atoms with E-state index in [1.165, 1.54) is 0 Å². The van der Waals surface area contributed by atoms with Gasteiger partial charge in [0.1, 0.15) is 0 Å². The summed E-state index contributed by atoms with van der Waals surface area (Å²) in [6.45, 7) is 10.2. The Labute approximate surface area is 116 Å². The maximum atomic E-state index is 5.20. The van der Waals surface area contributed by atoms with Gasteiger partial charge in [-0.25, -0.2) is 0 Å². The Bertz CT molecular complexity index is 227. The van der Waals surface area contributed by atoms with Gasteiger partial charge in [-0.05, 0) is 5.92 Å². The smallest absolute Gasteiger partial charge is 0.191 e. The highest BCUT2D eigenvalue weighted by atomic mass is 127. The molecule has 1 saturated heterocycles. The molecule has 0 saturated carbocycles. The number of rotatable bonds is 4. The van der Waals surface area contributed by atoms with Crippen LogP contribution in [0.15, 0.2) is 4.99 Å². The molecule has 0 radical (unpaired) electrons. The quantitative estimate of drug-likeness (QED) is 0.462. The minimum atomic E-state index is 0. The van der Waals surface area contributed by atoms with E-state index in [1.807, 2.05) is 0 Å². The lowest BCUT2D eigenvalue weighted by Crippen LogP contribution is -2.51. The molecule has 0 aromatic rings. The zero-order valence-electron chi connectivity index (χ0n) is 10.7. The van der Waals surface area contributed by atoms with Gasteiger partial charge in [0.05, 0.1) is 13.2 Å². The van der Waals surface area contributed by atoms with Crippen LogP contribution in [0.4, 0.5) is 0 Å². The van der Waals surface area contributed by atoms with Gasteiger partial charge in [-0.3, -0.25) is 4.99 Å². The van der Waals surface area contributed by atoms with Crippen LogP contribution in [-0.4, -0.2) is 39.3 Å². The Morgan fingerprint density at radius 3 is 2.38 bits per heavy atom. The minimum Gasteiger partial charge on any atom is -0.380 e. The lowest BCUT2D eigenvalue weighted by atomic mass is 9.89. The summed E-state index contributed by atoms with van der Waals surface area (Å²) in [5.74, 6) is 1.52. The van der Waals surface area contributed by atoms with Crippen molar-refractivity contribution in [3.63, 3.8) is 0 Å². The van der Waals surface area contributed by atoms with Gasteiger partial charge < -0.3 is 15.4 Å². The van der Waals surface area contributed by atoms with Crippen LogP contribution in [-0.2, 0) is 4.74 Å². The number of hydrogen-bond acceptors (Lipinski definition) is 2. The second-order valence-corrected chi connectivity index (χ2v) is 5.00. The molecule has 0 atom stereocenters. The van der Waals surface area contributed by atoms with E-state index in [0.29, 0.717) is 5.92 Å². The average molecular weight is 341 g/mol. The molecule has 4 nitrogen and oxygen atoms in total. The molecule has 0 amide bonds. The molecule has 0 unspecified atom stereocenters. The van der Waals surface area contributed by atoms with Crippen molar-refractivity contribution in [1.29, 1.82) is 0 Å². The maximum absolute atomic E-state index is 5.20. The number of aliphatic imine (C=N–C) groups is 1. The molecular weight excluding hydrogens is 317 g/mol. The number of ether oxygens (including phenoxy) is 1. The van der Waals surface area contributed by atoms with Gasteiger partial charge in [-0.15, -0.1) is 24.0 Å². The van der Waals surface area contributed by atoms with Crippen LogP contribution < -0.4 is 10.6 Å². The fourth-order valence-corrected chi connectivity index (χ4v) is 1.37. The van der Waals surface area contributed by atoms with Crippen LogP contribution in [0.3, 0.4) is 0 Å². The Morgan fingerprint density at radius 1 is 1.38 bits per heavy atom. The van der Waals surface area contributed by atoms with Crippen LogP contribution in [0.5, 0.6) is 0 Å². The topological polar surface area (TPSA) is 45.7 Å². The summed E-state index contributed by atoms with van der Waals surface area (Å²) >= 11 is 0. The second-order valence-electron chi connectivity index (χ2n) is 5.00. The molecule has 0 aromatic heterocycles. The predicted octanol–water partition coefficient (Wildman–Crippen LogP) is 1.46. The molecule has 1 aliphatic rings. The highest BCUT2D eigenvalue weighted by Crippen LogP contribution is 2.24. The van der Waals surface area contributed by atoms with E-state index in [-0.39, 0.29) is 29.4 Å². The number of guanidine groups is 1. The number of halogens is 1. The largest absolute Gasteiger partial charge is 0.380 e. The summed E-state index contributed by atoms with van der Waals surface area (Å²) in [5, 5.41) is 6.61. The van der Waals surface area contributed by atoms with E-state index >= 15 is 0 Å². The molecule has 1 fully saturated rings. The lowest BCUT2D eigenvalue weighted by molar-refractivity contribution is -0.0971. The fraction of sp³-hybridized carbons (Fsp3) is 0.909. The highest BCUT2D eigenvalue weighted by molar-refractivity contribution is 14.0. The van der Waals surface area contributed by atoms with Gasteiger partial charge in [0.25, 0.3) is 0 Å². The number of nitrogens with one attached hydrogen (secondary N) is 2. The molecule has 96 valence electrons. The van der Waals surface area contributed by atoms with Crippen molar-refractivity contribution in [2.24, 2.45) is 16.3 Å². The van der Waals surface area contributed by atoms with E-state index in [9.17, 15) is 0 Å². The van der Waals surface area contributed by atoms with Crippen molar-refractivity contribution < 1.29 is 4.74 Å². The van der Waals surface area contributed by atoms with Crippen molar-refractivity contribution in [3.05, 3.63) is 0 Å². The Balaban J connectivity index is 0.00000225. The van der Waals surface area contributed by atoms with Gasteiger partial charge in [-0.2, -0.15) is 0 Å². The van der Waals surface area contributed by atoms with E-state index in [2.05, 4.69) is 36.4 Å². The molecular formula is C11H24IN3O.